The molecule has 5 rings (SSSR count). The fourth-order valence-electron chi connectivity index (χ4n) is 5.66. The molecule has 2 atom stereocenters. The zero-order valence-electron chi connectivity index (χ0n) is 24.9. The largest absolute Gasteiger partial charge is 0.507 e. The first-order chi connectivity index (χ1) is 20.1. The second-order valence-electron chi connectivity index (χ2n) is 12.1. The van der Waals surface area contributed by atoms with Gasteiger partial charge >= 0.3 is 5.97 Å². The maximum atomic E-state index is 12.6. The Morgan fingerprint density at radius 2 is 1.64 bits per heavy atom. The molecule has 2 heterocycles. The molecule has 0 radical (unpaired) electrons. The number of phenols is 1. The molecule has 224 valence electrons. The van der Waals surface area contributed by atoms with Crippen LogP contribution in [0.4, 0.5) is 0 Å². The molecule has 1 saturated heterocycles. The first-order valence-electron chi connectivity index (χ1n) is 14.6. The highest BCUT2D eigenvalue weighted by molar-refractivity contribution is 5.78. The number of rotatable bonds is 8. The highest BCUT2D eigenvalue weighted by atomic mass is 16.5. The predicted octanol–water partition coefficient (Wildman–Crippen LogP) is 5.63. The number of likely N-dealkylation sites (tertiary alicyclic amines) is 1. The van der Waals surface area contributed by atoms with Crippen LogP contribution in [0.5, 0.6) is 28.7 Å². The van der Waals surface area contributed by atoms with E-state index in [1.165, 1.54) is 25.3 Å². The van der Waals surface area contributed by atoms with Crippen molar-refractivity contribution in [2.24, 2.45) is 5.41 Å². The van der Waals surface area contributed by atoms with Crippen LogP contribution in [0.3, 0.4) is 0 Å². The third-order valence-electron chi connectivity index (χ3n) is 8.11. The predicted molar refractivity (Wildman–Crippen MR) is 160 cm³/mol. The smallest absolute Gasteiger partial charge is 0.316 e. The van der Waals surface area contributed by atoms with Crippen LogP contribution in [0, 0.1) is 5.41 Å². The maximum Gasteiger partial charge on any atom is 0.316 e. The fourth-order valence-corrected chi connectivity index (χ4v) is 5.66. The molecule has 0 aromatic heterocycles. The Morgan fingerprint density at radius 3 is 2.29 bits per heavy atom. The van der Waals surface area contributed by atoms with E-state index in [1.807, 2.05) is 48.5 Å². The summed E-state index contributed by atoms with van der Waals surface area (Å²) in [4.78, 5) is 15.0. The minimum Gasteiger partial charge on any atom is -0.507 e. The molecule has 8 nitrogen and oxygen atoms in total. The summed E-state index contributed by atoms with van der Waals surface area (Å²) in [7, 11) is 1.60. The number of piperidine rings is 1. The summed E-state index contributed by atoms with van der Waals surface area (Å²) in [5, 5.41) is 23.9. The summed E-state index contributed by atoms with van der Waals surface area (Å²) in [6.45, 7) is 9.09. The van der Waals surface area contributed by atoms with Crippen molar-refractivity contribution >= 4 is 5.97 Å². The number of fused-ring (bicyclic) bond motifs is 1. The van der Waals surface area contributed by atoms with Crippen molar-refractivity contribution in [3.8, 4) is 28.7 Å². The molecule has 2 N–H and O–H groups in total. The van der Waals surface area contributed by atoms with Crippen molar-refractivity contribution in [1.29, 1.82) is 0 Å². The Kier molecular flexibility index (Phi) is 8.66. The minimum absolute atomic E-state index is 0.125. The molecule has 42 heavy (non-hydrogen) atoms. The van der Waals surface area contributed by atoms with E-state index in [0.717, 1.165) is 25.2 Å². The Hall–Kier alpha value is -3.75. The van der Waals surface area contributed by atoms with Gasteiger partial charge in [-0.15, -0.1) is 0 Å². The van der Waals surface area contributed by atoms with E-state index >= 15 is 0 Å². The number of aromatic hydroxyl groups is 1. The van der Waals surface area contributed by atoms with E-state index in [1.54, 1.807) is 33.9 Å². The molecule has 0 aliphatic carbocycles. The highest BCUT2D eigenvalue weighted by Crippen LogP contribution is 2.54. The molecule has 0 spiro atoms. The van der Waals surface area contributed by atoms with Gasteiger partial charge in [-0.25, -0.2) is 0 Å². The second-order valence-corrected chi connectivity index (χ2v) is 12.1. The number of hydrogen-bond acceptors (Lipinski definition) is 8. The number of esters is 1. The number of phenolic OH excluding ortho intramolecular Hbond substituents is 1. The molecule has 0 amide bonds. The summed E-state index contributed by atoms with van der Waals surface area (Å²) in [6.07, 6.45) is 3.77. The molecule has 1 fully saturated rings. The van der Waals surface area contributed by atoms with Crippen molar-refractivity contribution in [2.45, 2.75) is 51.6 Å². The van der Waals surface area contributed by atoms with E-state index in [2.05, 4.69) is 4.90 Å². The van der Waals surface area contributed by atoms with Gasteiger partial charge in [0.05, 0.1) is 30.6 Å². The Morgan fingerprint density at radius 1 is 0.976 bits per heavy atom. The number of benzene rings is 3. The molecule has 0 bridgehead atoms. The first kappa shape index (κ1) is 29.7. The van der Waals surface area contributed by atoms with Gasteiger partial charge < -0.3 is 29.2 Å². The summed E-state index contributed by atoms with van der Waals surface area (Å²) in [5.41, 5.74) is -0.793. The van der Waals surface area contributed by atoms with Crippen LogP contribution in [-0.4, -0.2) is 61.0 Å². The van der Waals surface area contributed by atoms with E-state index in [4.69, 9.17) is 18.9 Å². The van der Waals surface area contributed by atoms with Crippen LogP contribution in [0.2, 0.25) is 0 Å². The number of methoxy groups -OCH3 is 1. The van der Waals surface area contributed by atoms with Crippen LogP contribution in [0.25, 0.3) is 0 Å². The van der Waals surface area contributed by atoms with Gasteiger partial charge in [0.1, 0.15) is 41.0 Å². The van der Waals surface area contributed by atoms with E-state index in [-0.39, 0.29) is 29.4 Å². The molecular weight excluding hydrogens is 534 g/mol. The van der Waals surface area contributed by atoms with E-state index in [0.29, 0.717) is 23.7 Å². The number of aliphatic hydroxyl groups is 1. The fraction of sp³-hybridized carbons (Fsp3) is 0.441. The van der Waals surface area contributed by atoms with Gasteiger partial charge in [0.2, 0.25) is 0 Å². The van der Waals surface area contributed by atoms with Crippen LogP contribution < -0.4 is 18.9 Å². The number of carbonyl (C=O) groups is 1. The molecule has 2 aliphatic heterocycles. The topological polar surface area (TPSA) is 97.7 Å². The molecule has 2 unspecified atom stereocenters. The Labute approximate surface area is 247 Å². The average Bonchev–Trinajstić information content (AvgIpc) is 2.97. The van der Waals surface area contributed by atoms with Gasteiger partial charge in [0.15, 0.2) is 0 Å². The Balaban J connectivity index is 1.47. The van der Waals surface area contributed by atoms with Crippen LogP contribution >= 0.6 is 0 Å². The number of nitrogens with zero attached hydrogens (tertiary/aromatic N) is 1. The lowest BCUT2D eigenvalue weighted by molar-refractivity contribution is -0.143. The summed E-state index contributed by atoms with van der Waals surface area (Å²) >= 11 is 0. The van der Waals surface area contributed by atoms with Gasteiger partial charge in [0, 0.05) is 18.7 Å². The molecule has 8 heteroatoms. The van der Waals surface area contributed by atoms with Crippen molar-refractivity contribution in [3.05, 3.63) is 77.4 Å². The van der Waals surface area contributed by atoms with Crippen molar-refractivity contribution in [2.75, 3.05) is 40.0 Å². The summed E-state index contributed by atoms with van der Waals surface area (Å²) in [5.74, 6) is 0.567. The van der Waals surface area contributed by atoms with Crippen LogP contribution in [0.1, 0.15) is 62.6 Å². The van der Waals surface area contributed by atoms with Gasteiger partial charge in [-0.05, 0) is 82.1 Å². The van der Waals surface area contributed by atoms with Crippen molar-refractivity contribution in [3.63, 3.8) is 0 Å². The molecular formula is C34H41NO7. The van der Waals surface area contributed by atoms with Gasteiger partial charge in [-0.2, -0.15) is 0 Å². The molecule has 0 saturated carbocycles. The molecule has 2 aliphatic rings. The summed E-state index contributed by atoms with van der Waals surface area (Å²) in [6, 6.07) is 17.7. The standard InChI is InChI=1S/C34H41NO7/c1-33(2,3)32(37)42-27-20-29(36)31-30(21-27)41-22-28(23-8-12-25(39-4)13-9-23)34(31,38)24-10-14-26(15-11-24)40-19-18-35-16-6-5-7-17-35/h8-15,20-21,28,36,38H,5-7,16-19,22H2,1-4H3. The number of hydrogen-bond donors (Lipinski definition) is 2. The maximum absolute atomic E-state index is 12.6. The first-order valence-corrected chi connectivity index (χ1v) is 14.6. The number of ether oxygens (including phenoxy) is 4. The second kappa shape index (κ2) is 12.2. The zero-order valence-corrected chi connectivity index (χ0v) is 24.9. The van der Waals surface area contributed by atoms with E-state index < -0.39 is 22.9 Å². The SMILES string of the molecule is COc1ccc(C2COc3cc(OC(=O)C(C)(C)C)cc(O)c3C2(O)c2ccc(OCCN3CCCCC3)cc2)cc1. The minimum atomic E-state index is -1.66. The van der Waals surface area contributed by atoms with E-state index in [9.17, 15) is 15.0 Å². The monoisotopic (exact) mass is 575 g/mol. The van der Waals surface area contributed by atoms with Crippen molar-refractivity contribution in [1.82, 2.24) is 4.90 Å². The lowest BCUT2D eigenvalue weighted by atomic mass is 9.71. The van der Waals surface area contributed by atoms with Crippen molar-refractivity contribution < 1.29 is 34.0 Å². The zero-order chi connectivity index (χ0) is 29.9. The lowest BCUT2D eigenvalue weighted by Crippen LogP contribution is -2.42. The normalized spacial score (nSPS) is 20.7. The molecule has 3 aromatic rings. The van der Waals surface area contributed by atoms with Crippen LogP contribution in [-0.2, 0) is 10.4 Å². The number of carbonyl (C=O) groups excluding carboxylic acids is 1. The van der Waals surface area contributed by atoms with Gasteiger partial charge in [-0.1, -0.05) is 30.7 Å². The third kappa shape index (κ3) is 6.20. The highest BCUT2D eigenvalue weighted by Gasteiger charge is 2.48. The average molecular weight is 576 g/mol. The lowest BCUT2D eigenvalue weighted by Gasteiger charge is -2.42. The van der Waals surface area contributed by atoms with Gasteiger partial charge in [0.25, 0.3) is 0 Å². The summed E-state index contributed by atoms with van der Waals surface area (Å²) < 4.78 is 23.0. The van der Waals surface area contributed by atoms with Crippen LogP contribution in [0.15, 0.2) is 60.7 Å². The third-order valence-corrected chi connectivity index (χ3v) is 8.11. The quantitative estimate of drug-likeness (QED) is 0.264. The molecule has 3 aromatic carbocycles. The van der Waals surface area contributed by atoms with Gasteiger partial charge in [-0.3, -0.25) is 9.69 Å². The Bertz CT molecular complexity index is 1370.